The number of aliphatic hydroxyl groups is 1. The number of nitrogens with one attached hydrogen (secondary N) is 1. The van der Waals surface area contributed by atoms with Crippen LogP contribution in [-0.4, -0.2) is 36.6 Å². The molecule has 1 rings (SSSR count). The van der Waals surface area contributed by atoms with Crippen LogP contribution in [0.1, 0.15) is 25.8 Å². The van der Waals surface area contributed by atoms with E-state index in [1.165, 1.54) is 6.92 Å². The predicted molar refractivity (Wildman–Crippen MR) is 75.5 cm³/mol. The van der Waals surface area contributed by atoms with Crippen molar-refractivity contribution < 1.29 is 23.0 Å². The van der Waals surface area contributed by atoms with Crippen LogP contribution in [-0.2, 0) is 6.42 Å². The highest BCUT2D eigenvalue weighted by atomic mass is 19.4. The van der Waals surface area contributed by atoms with E-state index in [9.17, 15) is 18.3 Å². The van der Waals surface area contributed by atoms with Crippen molar-refractivity contribution in [3.05, 3.63) is 29.8 Å². The van der Waals surface area contributed by atoms with Crippen LogP contribution in [0.3, 0.4) is 0 Å². The van der Waals surface area contributed by atoms with E-state index in [-0.39, 0.29) is 13.2 Å². The van der Waals surface area contributed by atoms with E-state index in [0.717, 1.165) is 12.0 Å². The van der Waals surface area contributed by atoms with Crippen LogP contribution in [0.25, 0.3) is 0 Å². The Bertz CT molecular complexity index is 424. The number of benzene rings is 1. The lowest BCUT2D eigenvalue weighted by Crippen LogP contribution is -2.38. The predicted octanol–water partition coefficient (Wildman–Crippen LogP) is 2.92. The highest BCUT2D eigenvalue weighted by molar-refractivity contribution is 5.28. The summed E-state index contributed by atoms with van der Waals surface area (Å²) in [6.45, 7) is 3.56. The van der Waals surface area contributed by atoms with Crippen LogP contribution in [0.2, 0.25) is 0 Å². The number of ether oxygens (including phenoxy) is 1. The number of rotatable bonds is 8. The summed E-state index contributed by atoms with van der Waals surface area (Å²) in [5.74, 6) is 0.650. The second-order valence-corrected chi connectivity index (χ2v) is 5.09. The van der Waals surface area contributed by atoms with Gasteiger partial charge in [-0.3, -0.25) is 0 Å². The van der Waals surface area contributed by atoms with Crippen molar-refractivity contribution in [3.63, 3.8) is 0 Å². The van der Waals surface area contributed by atoms with Gasteiger partial charge in [-0.2, -0.15) is 13.2 Å². The number of hydrogen-bond donors (Lipinski definition) is 2. The number of aryl methyl sites for hydroxylation is 1. The van der Waals surface area contributed by atoms with Crippen LogP contribution in [0, 0.1) is 0 Å². The van der Waals surface area contributed by atoms with E-state index in [4.69, 9.17) is 4.74 Å². The molecule has 1 aromatic rings. The van der Waals surface area contributed by atoms with E-state index in [1.54, 1.807) is 6.07 Å². The maximum atomic E-state index is 12.1. The highest BCUT2D eigenvalue weighted by Crippen LogP contribution is 2.21. The average Bonchev–Trinajstić information content (AvgIpc) is 2.41. The van der Waals surface area contributed by atoms with Gasteiger partial charge in [0, 0.05) is 12.6 Å². The molecule has 3 nitrogen and oxygen atoms in total. The summed E-state index contributed by atoms with van der Waals surface area (Å²) in [7, 11) is 0. The lowest BCUT2D eigenvalue weighted by Gasteiger charge is -2.18. The van der Waals surface area contributed by atoms with Crippen molar-refractivity contribution in [2.45, 2.75) is 45.0 Å². The smallest absolute Gasteiger partial charge is 0.390 e. The molecule has 0 aliphatic rings. The average molecular weight is 305 g/mol. The molecule has 2 unspecified atom stereocenters. The molecule has 21 heavy (non-hydrogen) atoms. The summed E-state index contributed by atoms with van der Waals surface area (Å²) in [4.78, 5) is 0. The Kier molecular flexibility index (Phi) is 6.98. The van der Waals surface area contributed by atoms with E-state index >= 15 is 0 Å². The van der Waals surface area contributed by atoms with Crippen molar-refractivity contribution in [2.75, 3.05) is 13.2 Å². The Balaban J connectivity index is 2.29. The summed E-state index contributed by atoms with van der Waals surface area (Å²) >= 11 is 0. The third-order valence-corrected chi connectivity index (χ3v) is 2.99. The van der Waals surface area contributed by atoms with Crippen LogP contribution >= 0.6 is 0 Å². The maximum absolute atomic E-state index is 12.1. The molecule has 6 heteroatoms. The number of hydrogen-bond acceptors (Lipinski definition) is 3. The van der Waals surface area contributed by atoms with Gasteiger partial charge >= 0.3 is 6.18 Å². The van der Waals surface area contributed by atoms with E-state index < -0.39 is 24.7 Å². The Labute approximate surface area is 123 Å². The van der Waals surface area contributed by atoms with E-state index in [1.807, 2.05) is 25.1 Å². The molecule has 0 aromatic heterocycles. The number of halogens is 3. The second-order valence-electron chi connectivity index (χ2n) is 5.09. The van der Waals surface area contributed by atoms with Crippen LogP contribution in [0.15, 0.2) is 24.3 Å². The summed E-state index contributed by atoms with van der Waals surface area (Å²) in [6, 6.07) is 6.77. The maximum Gasteiger partial charge on any atom is 0.390 e. The minimum Gasteiger partial charge on any atom is -0.491 e. The molecule has 0 fully saturated rings. The molecule has 2 atom stereocenters. The fourth-order valence-corrected chi connectivity index (χ4v) is 1.86. The molecular weight excluding hydrogens is 283 g/mol. The zero-order valence-corrected chi connectivity index (χ0v) is 12.3. The minimum atomic E-state index is -4.20. The van der Waals surface area contributed by atoms with Crippen LogP contribution < -0.4 is 10.1 Å². The van der Waals surface area contributed by atoms with Gasteiger partial charge in [-0.05, 0) is 31.0 Å². The topological polar surface area (TPSA) is 41.5 Å². The molecule has 0 heterocycles. The molecule has 0 spiro atoms. The van der Waals surface area contributed by atoms with Gasteiger partial charge in [0.1, 0.15) is 18.5 Å². The SMILES string of the molecule is CCc1cccc(OCC(O)CNC(C)CC(F)(F)F)c1. The van der Waals surface area contributed by atoms with Gasteiger partial charge in [0.2, 0.25) is 0 Å². The van der Waals surface area contributed by atoms with Gasteiger partial charge < -0.3 is 15.2 Å². The molecule has 0 saturated heterocycles. The van der Waals surface area contributed by atoms with Crippen LogP contribution in [0.4, 0.5) is 13.2 Å². The molecule has 0 bridgehead atoms. The first-order valence-corrected chi connectivity index (χ1v) is 7.00. The second kappa shape index (κ2) is 8.24. The van der Waals surface area contributed by atoms with Gasteiger partial charge in [-0.15, -0.1) is 0 Å². The summed E-state index contributed by atoms with van der Waals surface area (Å²) in [5.41, 5.74) is 1.12. The van der Waals surface area contributed by atoms with Gasteiger partial charge in [-0.1, -0.05) is 19.1 Å². The first-order valence-electron chi connectivity index (χ1n) is 7.00. The first-order chi connectivity index (χ1) is 9.80. The van der Waals surface area contributed by atoms with Crippen molar-refractivity contribution in [1.29, 1.82) is 0 Å². The Morgan fingerprint density at radius 3 is 2.67 bits per heavy atom. The molecule has 0 aliphatic heterocycles. The summed E-state index contributed by atoms with van der Waals surface area (Å²) in [6.07, 6.45) is -5.09. The van der Waals surface area contributed by atoms with Gasteiger partial charge in [0.05, 0.1) is 6.42 Å². The van der Waals surface area contributed by atoms with Gasteiger partial charge in [0.25, 0.3) is 0 Å². The lowest BCUT2D eigenvalue weighted by molar-refractivity contribution is -0.139. The van der Waals surface area contributed by atoms with Crippen molar-refractivity contribution >= 4 is 0 Å². The highest BCUT2D eigenvalue weighted by Gasteiger charge is 2.29. The zero-order valence-electron chi connectivity index (χ0n) is 12.3. The lowest BCUT2D eigenvalue weighted by atomic mass is 10.2. The summed E-state index contributed by atoms with van der Waals surface area (Å²) < 4.78 is 41.9. The largest absolute Gasteiger partial charge is 0.491 e. The third kappa shape index (κ3) is 7.92. The van der Waals surface area contributed by atoms with Gasteiger partial charge in [0.15, 0.2) is 0 Å². The molecule has 2 N–H and O–H groups in total. The first kappa shape index (κ1) is 17.8. The molecular formula is C15H22F3NO2. The Hall–Kier alpha value is -1.27. The zero-order chi connectivity index (χ0) is 15.9. The van der Waals surface area contributed by atoms with E-state index in [2.05, 4.69) is 5.32 Å². The fraction of sp³-hybridized carbons (Fsp3) is 0.600. The quantitative estimate of drug-likeness (QED) is 0.776. The third-order valence-electron chi connectivity index (χ3n) is 2.99. The normalized spacial score (nSPS) is 14.8. The van der Waals surface area contributed by atoms with Gasteiger partial charge in [-0.25, -0.2) is 0 Å². The number of alkyl halides is 3. The monoisotopic (exact) mass is 305 g/mol. The summed E-state index contributed by atoms with van der Waals surface area (Å²) in [5, 5.41) is 12.4. The van der Waals surface area contributed by atoms with Crippen LogP contribution in [0.5, 0.6) is 5.75 Å². The molecule has 0 amide bonds. The van der Waals surface area contributed by atoms with E-state index in [0.29, 0.717) is 5.75 Å². The van der Waals surface area contributed by atoms with Crippen molar-refractivity contribution in [1.82, 2.24) is 5.32 Å². The number of aliphatic hydroxyl groups excluding tert-OH is 1. The molecule has 120 valence electrons. The fourth-order valence-electron chi connectivity index (χ4n) is 1.86. The Morgan fingerprint density at radius 2 is 2.05 bits per heavy atom. The van der Waals surface area contributed by atoms with Crippen molar-refractivity contribution in [3.8, 4) is 5.75 Å². The molecule has 0 aliphatic carbocycles. The molecule has 1 aromatic carbocycles. The molecule has 0 radical (unpaired) electrons. The standard InChI is InChI=1S/C15H22F3NO2/c1-3-12-5-4-6-14(7-12)21-10-13(20)9-19-11(2)8-15(16,17)18/h4-7,11,13,19-20H,3,8-10H2,1-2H3. The Morgan fingerprint density at radius 1 is 1.33 bits per heavy atom. The minimum absolute atomic E-state index is 0.0406. The van der Waals surface area contributed by atoms with Crippen molar-refractivity contribution in [2.24, 2.45) is 0 Å². The molecule has 0 saturated carbocycles.